The number of benzene rings is 3. The molecule has 1 aromatic heterocycles. The van der Waals surface area contributed by atoms with E-state index in [1.54, 1.807) is 12.3 Å². The molecule has 3 aromatic carbocycles. The molecule has 1 heterocycles. The van der Waals surface area contributed by atoms with Crippen molar-refractivity contribution < 1.29 is 9.53 Å². The number of nitrogens with zero attached hydrogens (tertiary/aromatic N) is 2. The number of hydrazone groups is 1. The van der Waals surface area contributed by atoms with E-state index in [9.17, 15) is 9.59 Å². The molecule has 0 atom stereocenters. The topological polar surface area (TPSA) is 96.4 Å². The van der Waals surface area contributed by atoms with Crippen LogP contribution in [0.15, 0.2) is 88.8 Å². The van der Waals surface area contributed by atoms with Crippen LogP contribution in [0.1, 0.15) is 23.2 Å². The molecule has 0 aliphatic rings. The van der Waals surface area contributed by atoms with Crippen molar-refractivity contribution in [3.8, 4) is 5.75 Å². The van der Waals surface area contributed by atoms with E-state index >= 15 is 0 Å². The van der Waals surface area contributed by atoms with Crippen LogP contribution in [0.25, 0.3) is 11.0 Å². The summed E-state index contributed by atoms with van der Waals surface area (Å²) in [5, 5.41) is 4.03. The summed E-state index contributed by atoms with van der Waals surface area (Å²) in [5.74, 6) is 0.361. The van der Waals surface area contributed by atoms with E-state index in [2.05, 4.69) is 20.5 Å². The van der Waals surface area contributed by atoms with Gasteiger partial charge in [-0.2, -0.15) is 5.10 Å². The molecule has 32 heavy (non-hydrogen) atoms. The maximum Gasteiger partial charge on any atom is 0.270 e. The Morgan fingerprint density at radius 2 is 1.75 bits per heavy atom. The third kappa shape index (κ3) is 5.46. The molecule has 0 saturated heterocycles. The number of carbonyl (C=O) groups is 1. The number of amides is 1. The highest BCUT2D eigenvalue weighted by atomic mass is 16.5. The molecule has 160 valence electrons. The van der Waals surface area contributed by atoms with Crippen molar-refractivity contribution in [2.75, 3.05) is 0 Å². The molecule has 7 heteroatoms. The first-order chi connectivity index (χ1) is 15.7. The summed E-state index contributed by atoms with van der Waals surface area (Å²) in [4.78, 5) is 31.5. The molecule has 0 aliphatic carbocycles. The van der Waals surface area contributed by atoms with Crippen LogP contribution >= 0.6 is 0 Å². The van der Waals surface area contributed by atoms with Gasteiger partial charge in [0.2, 0.25) is 5.91 Å². The van der Waals surface area contributed by atoms with Crippen LogP contribution in [0.3, 0.4) is 0 Å². The maximum absolute atomic E-state index is 12.2. The average Bonchev–Trinajstić information content (AvgIpc) is 2.83. The minimum Gasteiger partial charge on any atom is -0.488 e. The Morgan fingerprint density at radius 1 is 1.00 bits per heavy atom. The Kier molecular flexibility index (Phi) is 6.67. The molecule has 1 amide bonds. The number of fused-ring (bicyclic) bond motifs is 1. The van der Waals surface area contributed by atoms with Gasteiger partial charge in [-0.3, -0.25) is 9.59 Å². The van der Waals surface area contributed by atoms with Crippen LogP contribution in [0.4, 0.5) is 0 Å². The lowest BCUT2D eigenvalue weighted by Crippen LogP contribution is -2.21. The predicted octanol–water partition coefficient (Wildman–Crippen LogP) is 3.59. The molecule has 4 aromatic rings. The van der Waals surface area contributed by atoms with E-state index in [-0.39, 0.29) is 24.3 Å². The van der Waals surface area contributed by atoms with Crippen molar-refractivity contribution in [2.45, 2.75) is 19.4 Å². The number of aromatic amines is 1. The van der Waals surface area contributed by atoms with Crippen molar-refractivity contribution in [3.63, 3.8) is 0 Å². The van der Waals surface area contributed by atoms with Crippen LogP contribution in [0.2, 0.25) is 0 Å². The molecule has 0 radical (unpaired) electrons. The van der Waals surface area contributed by atoms with E-state index in [1.165, 1.54) is 0 Å². The van der Waals surface area contributed by atoms with Gasteiger partial charge in [0.15, 0.2) is 0 Å². The van der Waals surface area contributed by atoms with Crippen molar-refractivity contribution >= 4 is 23.2 Å². The Bertz CT molecular complexity index is 1300. The second-order valence-electron chi connectivity index (χ2n) is 7.14. The van der Waals surface area contributed by atoms with Gasteiger partial charge in [-0.25, -0.2) is 10.4 Å². The summed E-state index contributed by atoms with van der Waals surface area (Å²) in [7, 11) is 0. The van der Waals surface area contributed by atoms with Gasteiger partial charge >= 0.3 is 0 Å². The predicted molar refractivity (Wildman–Crippen MR) is 124 cm³/mol. The fraction of sp³-hybridized carbons (Fsp3) is 0.120. The van der Waals surface area contributed by atoms with Gasteiger partial charge in [-0.1, -0.05) is 54.6 Å². The number of H-pyrrole nitrogens is 1. The van der Waals surface area contributed by atoms with Crippen LogP contribution in [0.5, 0.6) is 5.75 Å². The summed E-state index contributed by atoms with van der Waals surface area (Å²) in [5.41, 5.74) is 5.69. The fourth-order valence-corrected chi connectivity index (χ4v) is 3.15. The van der Waals surface area contributed by atoms with Gasteiger partial charge in [0.25, 0.3) is 5.56 Å². The number of para-hydroxylation sites is 3. The minimum atomic E-state index is -0.307. The normalized spacial score (nSPS) is 11.0. The van der Waals surface area contributed by atoms with Crippen molar-refractivity contribution in [1.29, 1.82) is 0 Å². The van der Waals surface area contributed by atoms with E-state index in [4.69, 9.17) is 4.74 Å². The van der Waals surface area contributed by atoms with Crippen molar-refractivity contribution in [1.82, 2.24) is 15.4 Å². The summed E-state index contributed by atoms with van der Waals surface area (Å²) in [6, 6.07) is 24.6. The number of aromatic nitrogens is 2. The quantitative estimate of drug-likeness (QED) is 0.332. The third-order valence-corrected chi connectivity index (χ3v) is 4.81. The zero-order valence-corrected chi connectivity index (χ0v) is 17.3. The van der Waals surface area contributed by atoms with E-state index < -0.39 is 0 Å². The first-order valence-corrected chi connectivity index (χ1v) is 10.2. The minimum absolute atomic E-state index is 0.0952. The summed E-state index contributed by atoms with van der Waals surface area (Å²) < 4.78 is 5.88. The van der Waals surface area contributed by atoms with Gasteiger partial charge < -0.3 is 9.72 Å². The zero-order valence-electron chi connectivity index (χ0n) is 17.3. The Morgan fingerprint density at radius 3 is 2.62 bits per heavy atom. The lowest BCUT2D eigenvalue weighted by atomic mass is 10.2. The Hall–Kier alpha value is -4.26. The largest absolute Gasteiger partial charge is 0.488 e. The summed E-state index contributed by atoms with van der Waals surface area (Å²) >= 11 is 0. The van der Waals surface area contributed by atoms with Crippen LogP contribution < -0.4 is 15.7 Å². The third-order valence-electron chi connectivity index (χ3n) is 4.81. The fourth-order valence-electron chi connectivity index (χ4n) is 3.15. The summed E-state index contributed by atoms with van der Waals surface area (Å²) in [6.45, 7) is 0.436. The molecule has 0 saturated carbocycles. The zero-order chi connectivity index (χ0) is 22.2. The van der Waals surface area contributed by atoms with Gasteiger partial charge in [-0.15, -0.1) is 0 Å². The van der Waals surface area contributed by atoms with Gasteiger partial charge in [-0.05, 0) is 29.8 Å². The molecule has 4 rings (SSSR count). The van der Waals surface area contributed by atoms with Crippen LogP contribution in [0, 0.1) is 0 Å². The molecule has 0 spiro atoms. The smallest absolute Gasteiger partial charge is 0.270 e. The molecular formula is C25H22N4O3. The number of ether oxygens (including phenoxy) is 1. The number of nitrogens with one attached hydrogen (secondary N) is 2. The van der Waals surface area contributed by atoms with E-state index in [0.29, 0.717) is 29.1 Å². The Labute approximate surface area is 184 Å². The Balaban J connectivity index is 1.33. The van der Waals surface area contributed by atoms with Crippen LogP contribution in [-0.4, -0.2) is 22.1 Å². The van der Waals surface area contributed by atoms with E-state index in [1.807, 2.05) is 72.8 Å². The molecule has 0 aliphatic heterocycles. The highest BCUT2D eigenvalue weighted by Gasteiger charge is 2.08. The lowest BCUT2D eigenvalue weighted by molar-refractivity contribution is -0.121. The monoisotopic (exact) mass is 426 g/mol. The SMILES string of the molecule is O=C(CCc1nc2ccccc2[nH]c1=O)N/N=C\c1ccccc1OCc1ccccc1. The number of hydrogen-bond acceptors (Lipinski definition) is 5. The number of hydrogen-bond donors (Lipinski definition) is 2. The number of rotatable bonds is 8. The van der Waals surface area contributed by atoms with Crippen LogP contribution in [-0.2, 0) is 17.8 Å². The molecule has 0 unspecified atom stereocenters. The highest BCUT2D eigenvalue weighted by Crippen LogP contribution is 2.17. The highest BCUT2D eigenvalue weighted by molar-refractivity contribution is 5.85. The average molecular weight is 426 g/mol. The molecule has 2 N–H and O–H groups in total. The van der Waals surface area contributed by atoms with Gasteiger partial charge in [0.05, 0.1) is 17.2 Å². The standard InChI is InChI=1S/C25H22N4O3/c30-24(15-14-22-25(31)28-21-12-6-5-11-20(21)27-22)29-26-16-19-10-4-7-13-23(19)32-17-18-8-2-1-3-9-18/h1-13,16H,14-15,17H2,(H,28,31)(H,29,30)/b26-16-. The number of carbonyl (C=O) groups excluding carboxylic acids is 1. The molecule has 0 fully saturated rings. The van der Waals surface area contributed by atoms with Crippen molar-refractivity contribution in [2.24, 2.45) is 5.10 Å². The molecular weight excluding hydrogens is 404 g/mol. The first-order valence-electron chi connectivity index (χ1n) is 10.2. The second kappa shape index (κ2) is 10.2. The van der Waals surface area contributed by atoms with Gasteiger partial charge in [0.1, 0.15) is 18.1 Å². The lowest BCUT2D eigenvalue weighted by Gasteiger charge is -2.09. The van der Waals surface area contributed by atoms with E-state index in [0.717, 1.165) is 11.1 Å². The number of aryl methyl sites for hydroxylation is 1. The first kappa shape index (κ1) is 21.0. The molecule has 7 nitrogen and oxygen atoms in total. The second-order valence-corrected chi connectivity index (χ2v) is 7.14. The van der Waals surface area contributed by atoms with Crippen molar-refractivity contribution in [3.05, 3.63) is 106 Å². The maximum atomic E-state index is 12.2. The summed E-state index contributed by atoms with van der Waals surface area (Å²) in [6.07, 6.45) is 1.86. The molecule has 0 bridgehead atoms. The van der Waals surface area contributed by atoms with Gasteiger partial charge in [0, 0.05) is 18.4 Å².